The van der Waals surface area contributed by atoms with E-state index in [4.69, 9.17) is 8.83 Å². The average Bonchev–Trinajstić information content (AvgIpc) is 1.50. The van der Waals surface area contributed by atoms with Crippen LogP contribution >= 0.6 is 0 Å². The summed E-state index contributed by atoms with van der Waals surface area (Å²) in [6, 6.07) is 98.5. The van der Waals surface area contributed by atoms with Crippen molar-refractivity contribution < 1.29 is 8.83 Å². The lowest BCUT2D eigenvalue weighted by molar-refractivity contribution is 0.399. The topological polar surface area (TPSA) is 26.3 Å². The summed E-state index contributed by atoms with van der Waals surface area (Å²) in [5, 5.41) is 4.78. The van der Waals surface area contributed by atoms with Crippen LogP contribution in [0.25, 0.3) is 127 Å². The minimum absolute atomic E-state index is 0.0212. The molecular weight excluding hydrogens is 1390 g/mol. The Kier molecular flexibility index (Phi) is 16.9. The molecule has 0 bridgehead atoms. The van der Waals surface area contributed by atoms with Gasteiger partial charge < -0.3 is 8.83 Å². The number of hydrogen-bond donors (Lipinski definition) is 0. The Bertz CT molecular complexity index is 6550. The average molecular weight is 1490 g/mol. The SMILES string of the molecule is CCCCCCCC1(CCCCCCC)c2ccccc2-c2ccc(-c3ccc4c(c3)C(C)(C)C3=C4C=CC(c4ccc(-c5cc6c(c7c5oc5ccccc57)-c5ccc(C(Cc7ccc8c(c7)C(C)(C)c7c9c(c%10oc%11ccccc%11c%10c7-8)-c7ccccc7C9(C)C)c7ccccc7-c7ccccc7)cc5C6(C)C)cc4)C3)cc21. The lowest BCUT2D eigenvalue weighted by Crippen LogP contribution is -2.25. The van der Waals surface area contributed by atoms with Crippen LogP contribution in [0.4, 0.5) is 0 Å². The molecule has 2 heteroatoms. The molecule has 0 saturated carbocycles. The number of allylic oxidation sites excluding steroid dienone is 4. The number of hydrogen-bond acceptors (Lipinski definition) is 2. The molecule has 21 rings (SSSR count). The smallest absolute Gasteiger partial charge is 0.144 e. The summed E-state index contributed by atoms with van der Waals surface area (Å²) in [6.45, 7) is 24.5. The fourth-order valence-corrected chi connectivity index (χ4v) is 23.3. The minimum atomic E-state index is -0.351. The first-order valence-corrected chi connectivity index (χ1v) is 43.4. The van der Waals surface area contributed by atoms with E-state index in [0.717, 1.165) is 46.1 Å². The van der Waals surface area contributed by atoms with E-state index in [2.05, 4.69) is 336 Å². The van der Waals surface area contributed by atoms with Crippen LogP contribution < -0.4 is 0 Å². The van der Waals surface area contributed by atoms with Gasteiger partial charge >= 0.3 is 0 Å². The lowest BCUT2D eigenvalue weighted by Gasteiger charge is -2.33. The standard InChI is InChI=1S/C113H104O2/c1-11-13-15-17-32-60-113(61-33-18-16-14-12-2)91-43-29-24-38-79(91)82-58-53-75(66-96(82)113)74-52-57-81-80-56-51-73(64-93(80)109(3,4)94(81)65-74)70-47-49-72(50-48-70)89-68-97-100(102-86-40-26-30-44-98(86)114-107(89)102)84-59-54-76(67-95(84)110(97,5)6)88(78-37-23-22-36-77(78)71-34-20-19-21-35-71)62-69-46-55-85-92(63-69)112(9,10)105-101(85)103-87-41-27-31-45-99(87)115-108(103)104-83-39-25-28-42-90(83)111(7,8)106(104)105/h19-31,34-59,63,65-68,73,88H,11-18,32-33,60-62,64H2,1-10H3. The van der Waals surface area contributed by atoms with Gasteiger partial charge in [0, 0.05) is 71.6 Å². The summed E-state index contributed by atoms with van der Waals surface area (Å²) in [6.07, 6.45) is 22.3. The van der Waals surface area contributed by atoms with E-state index in [9.17, 15) is 0 Å². The summed E-state index contributed by atoms with van der Waals surface area (Å²) in [7, 11) is 0. The molecule has 2 unspecified atom stereocenters. The zero-order chi connectivity index (χ0) is 78.0. The van der Waals surface area contributed by atoms with Crippen molar-refractivity contribution in [1.29, 1.82) is 0 Å². The van der Waals surface area contributed by atoms with Gasteiger partial charge in [0.15, 0.2) is 0 Å². The highest BCUT2D eigenvalue weighted by atomic mass is 16.3. The van der Waals surface area contributed by atoms with Gasteiger partial charge in [-0.2, -0.15) is 0 Å². The van der Waals surface area contributed by atoms with Crippen LogP contribution in [0.2, 0.25) is 0 Å². The molecule has 13 aromatic carbocycles. The number of benzene rings is 13. The molecule has 2 aromatic heterocycles. The van der Waals surface area contributed by atoms with Gasteiger partial charge in [-0.1, -0.05) is 376 Å². The van der Waals surface area contributed by atoms with Crippen LogP contribution in [0.15, 0.2) is 281 Å². The second kappa shape index (κ2) is 27.0. The van der Waals surface area contributed by atoms with Gasteiger partial charge in [-0.3, -0.25) is 0 Å². The van der Waals surface area contributed by atoms with E-state index in [1.54, 1.807) is 16.7 Å². The number of furan rings is 2. The molecule has 0 amide bonds. The molecule has 0 N–H and O–H groups in total. The van der Waals surface area contributed by atoms with Crippen molar-refractivity contribution in [2.24, 2.45) is 0 Å². The largest absolute Gasteiger partial charge is 0.455 e. The van der Waals surface area contributed by atoms with E-state index in [1.165, 1.54) is 238 Å². The fraction of sp³-hybridized carbons (Fsp3) is 0.274. The molecule has 0 saturated heterocycles. The first-order valence-electron chi connectivity index (χ1n) is 43.4. The van der Waals surface area contributed by atoms with Gasteiger partial charge in [0.05, 0.1) is 0 Å². The Morgan fingerprint density at radius 2 is 0.878 bits per heavy atom. The summed E-state index contributed by atoms with van der Waals surface area (Å²) in [5.74, 6) is 0.273. The van der Waals surface area contributed by atoms with Crippen molar-refractivity contribution in [3.63, 3.8) is 0 Å². The van der Waals surface area contributed by atoms with Crippen LogP contribution in [0.3, 0.4) is 0 Å². The monoisotopic (exact) mass is 1490 g/mol. The molecule has 6 aliphatic rings. The second-order valence-electron chi connectivity index (χ2n) is 37.1. The molecule has 15 aromatic rings. The van der Waals surface area contributed by atoms with Gasteiger partial charge in [-0.05, 0) is 206 Å². The van der Waals surface area contributed by atoms with Gasteiger partial charge in [-0.15, -0.1) is 0 Å². The molecule has 0 radical (unpaired) electrons. The molecule has 2 atom stereocenters. The summed E-state index contributed by atoms with van der Waals surface area (Å²) < 4.78 is 14.3. The second-order valence-corrected chi connectivity index (χ2v) is 37.1. The van der Waals surface area contributed by atoms with Crippen molar-refractivity contribution in [2.75, 3.05) is 0 Å². The predicted octanol–water partition coefficient (Wildman–Crippen LogP) is 31.6. The van der Waals surface area contributed by atoms with E-state index >= 15 is 0 Å². The Balaban J connectivity index is 0.604. The minimum Gasteiger partial charge on any atom is -0.455 e. The first-order chi connectivity index (χ1) is 56.0. The van der Waals surface area contributed by atoms with Gasteiger partial charge in [0.2, 0.25) is 0 Å². The molecule has 6 aliphatic carbocycles. The molecule has 0 aliphatic heterocycles. The third-order valence-corrected chi connectivity index (χ3v) is 29.2. The number of para-hydroxylation sites is 2. The zero-order valence-electron chi connectivity index (χ0n) is 68.8. The number of rotatable bonds is 20. The van der Waals surface area contributed by atoms with Crippen LogP contribution in [-0.2, 0) is 33.5 Å². The first kappa shape index (κ1) is 71.7. The molecule has 2 heterocycles. The van der Waals surface area contributed by atoms with Crippen molar-refractivity contribution in [3.05, 3.63) is 350 Å². The van der Waals surface area contributed by atoms with Gasteiger partial charge in [-0.25, -0.2) is 0 Å². The summed E-state index contributed by atoms with van der Waals surface area (Å²) >= 11 is 0. The van der Waals surface area contributed by atoms with Crippen molar-refractivity contribution in [2.45, 2.75) is 198 Å². The molecular formula is C113H104O2. The van der Waals surface area contributed by atoms with Crippen LogP contribution in [0.1, 0.15) is 242 Å². The number of unbranched alkanes of at least 4 members (excludes halogenated alkanes) is 8. The molecule has 0 spiro atoms. The van der Waals surface area contributed by atoms with Crippen LogP contribution in [0.5, 0.6) is 0 Å². The molecule has 0 fully saturated rings. The van der Waals surface area contributed by atoms with E-state index in [-0.39, 0.29) is 38.9 Å². The zero-order valence-corrected chi connectivity index (χ0v) is 68.8. The highest BCUT2D eigenvalue weighted by Gasteiger charge is 2.50. The Morgan fingerprint density at radius 3 is 1.60 bits per heavy atom. The molecule has 115 heavy (non-hydrogen) atoms. The third kappa shape index (κ3) is 10.8. The lowest BCUT2D eigenvalue weighted by atomic mass is 9.70. The van der Waals surface area contributed by atoms with Crippen molar-refractivity contribution in [3.8, 4) is 77.9 Å². The van der Waals surface area contributed by atoms with Crippen molar-refractivity contribution >= 4 is 49.5 Å². The number of fused-ring (bicyclic) bond motifs is 24. The van der Waals surface area contributed by atoms with Crippen molar-refractivity contribution in [1.82, 2.24) is 0 Å². The summed E-state index contributed by atoms with van der Waals surface area (Å²) in [5.41, 5.74) is 43.7. The highest BCUT2D eigenvalue weighted by Crippen LogP contribution is 2.65. The molecule has 2 nitrogen and oxygen atoms in total. The summed E-state index contributed by atoms with van der Waals surface area (Å²) in [4.78, 5) is 0. The Labute approximate surface area is 680 Å². The normalized spacial score (nSPS) is 17.0. The molecule has 568 valence electrons. The Morgan fingerprint density at radius 1 is 0.357 bits per heavy atom. The van der Waals surface area contributed by atoms with Crippen LogP contribution in [0, 0.1) is 0 Å². The predicted molar refractivity (Wildman–Crippen MR) is 484 cm³/mol. The maximum atomic E-state index is 7.19. The maximum absolute atomic E-state index is 7.19. The third-order valence-electron chi connectivity index (χ3n) is 29.2. The van der Waals surface area contributed by atoms with E-state index in [1.807, 2.05) is 0 Å². The Hall–Kier alpha value is -11.1. The highest BCUT2D eigenvalue weighted by molar-refractivity contribution is 6.21. The fourth-order valence-electron chi connectivity index (χ4n) is 23.3. The quantitative estimate of drug-likeness (QED) is 0.0711. The van der Waals surface area contributed by atoms with Gasteiger partial charge in [0.1, 0.15) is 22.3 Å². The maximum Gasteiger partial charge on any atom is 0.144 e. The van der Waals surface area contributed by atoms with Gasteiger partial charge in [0.25, 0.3) is 0 Å². The van der Waals surface area contributed by atoms with E-state index < -0.39 is 0 Å². The van der Waals surface area contributed by atoms with E-state index in [0.29, 0.717) is 0 Å². The van der Waals surface area contributed by atoms with Crippen LogP contribution in [-0.4, -0.2) is 0 Å².